The second-order valence-electron chi connectivity index (χ2n) is 5.28. The summed E-state index contributed by atoms with van der Waals surface area (Å²) >= 11 is 0. The zero-order valence-corrected chi connectivity index (χ0v) is 11.5. The highest BCUT2D eigenvalue weighted by molar-refractivity contribution is 5.60. The van der Waals surface area contributed by atoms with Crippen molar-refractivity contribution in [3.8, 4) is 6.07 Å². The van der Waals surface area contributed by atoms with Crippen molar-refractivity contribution in [2.45, 2.75) is 25.8 Å². The summed E-state index contributed by atoms with van der Waals surface area (Å²) in [6.07, 6.45) is 2.15. The van der Waals surface area contributed by atoms with Crippen molar-refractivity contribution >= 4 is 11.4 Å². The Morgan fingerprint density at radius 3 is 2.95 bits per heavy atom. The van der Waals surface area contributed by atoms with Crippen LogP contribution in [0.4, 0.5) is 11.4 Å². The van der Waals surface area contributed by atoms with E-state index in [0.29, 0.717) is 5.92 Å². The van der Waals surface area contributed by atoms with Crippen LogP contribution in [-0.4, -0.2) is 24.1 Å². The summed E-state index contributed by atoms with van der Waals surface area (Å²) in [4.78, 5) is 12.5. The van der Waals surface area contributed by atoms with Crippen LogP contribution in [-0.2, 0) is 0 Å². The molecular formula is C14H18N4O2. The van der Waals surface area contributed by atoms with E-state index in [1.807, 2.05) is 13.0 Å². The van der Waals surface area contributed by atoms with Gasteiger partial charge in [-0.15, -0.1) is 0 Å². The van der Waals surface area contributed by atoms with Gasteiger partial charge < -0.3 is 10.6 Å². The summed E-state index contributed by atoms with van der Waals surface area (Å²) in [5.74, 6) is 0.421. The van der Waals surface area contributed by atoms with Gasteiger partial charge in [0, 0.05) is 30.9 Å². The predicted octanol–water partition coefficient (Wildman–Crippen LogP) is 2.03. The summed E-state index contributed by atoms with van der Waals surface area (Å²) < 4.78 is 0. The lowest BCUT2D eigenvalue weighted by molar-refractivity contribution is -0.385. The van der Waals surface area contributed by atoms with E-state index in [9.17, 15) is 10.1 Å². The number of benzene rings is 1. The molecule has 1 fully saturated rings. The maximum absolute atomic E-state index is 10.8. The van der Waals surface area contributed by atoms with Crippen molar-refractivity contribution in [1.82, 2.24) is 0 Å². The summed E-state index contributed by atoms with van der Waals surface area (Å²) in [6, 6.07) is 6.74. The Morgan fingerprint density at radius 2 is 2.35 bits per heavy atom. The number of anilines is 1. The molecule has 0 spiro atoms. The molecule has 2 N–H and O–H groups in total. The summed E-state index contributed by atoms with van der Waals surface area (Å²) in [5.41, 5.74) is 6.78. The average Bonchev–Trinajstić information content (AvgIpc) is 2.46. The fourth-order valence-electron chi connectivity index (χ4n) is 2.64. The molecular weight excluding hydrogens is 256 g/mol. The molecule has 20 heavy (non-hydrogen) atoms. The minimum absolute atomic E-state index is 0.107. The zero-order chi connectivity index (χ0) is 14.7. The first-order valence-corrected chi connectivity index (χ1v) is 6.72. The van der Waals surface area contributed by atoms with Crippen LogP contribution >= 0.6 is 0 Å². The molecule has 0 aliphatic carbocycles. The molecule has 0 aromatic heterocycles. The third kappa shape index (κ3) is 2.89. The molecule has 1 aliphatic rings. The lowest BCUT2D eigenvalue weighted by Crippen LogP contribution is -2.42. The molecule has 106 valence electrons. The molecule has 1 aromatic carbocycles. The highest BCUT2D eigenvalue weighted by Crippen LogP contribution is 2.28. The third-order valence-electron chi connectivity index (χ3n) is 3.86. The maximum Gasteiger partial charge on any atom is 0.287 e. The van der Waals surface area contributed by atoms with Crippen molar-refractivity contribution in [3.05, 3.63) is 33.9 Å². The predicted molar refractivity (Wildman–Crippen MR) is 76.4 cm³/mol. The standard InChI is InChI=1S/C14H18N4O2/c1-10(16)11-3-2-6-17(9-11)13-4-5-14(18(19)20)12(7-13)8-15/h4-5,7,10-11H,2-3,6,9,16H2,1H3. The van der Waals surface area contributed by atoms with E-state index < -0.39 is 4.92 Å². The van der Waals surface area contributed by atoms with E-state index in [1.165, 1.54) is 6.07 Å². The Labute approximate surface area is 117 Å². The minimum atomic E-state index is -0.525. The van der Waals surface area contributed by atoms with Crippen molar-refractivity contribution < 1.29 is 4.92 Å². The molecule has 0 radical (unpaired) electrons. The van der Waals surface area contributed by atoms with Gasteiger partial charge in [0.05, 0.1) is 4.92 Å². The van der Waals surface area contributed by atoms with Gasteiger partial charge in [-0.25, -0.2) is 0 Å². The third-order valence-corrected chi connectivity index (χ3v) is 3.86. The molecule has 0 saturated carbocycles. The van der Waals surface area contributed by atoms with Crippen molar-refractivity contribution in [2.24, 2.45) is 11.7 Å². The molecule has 0 amide bonds. The monoisotopic (exact) mass is 274 g/mol. The molecule has 0 bridgehead atoms. The molecule has 2 rings (SSSR count). The second kappa shape index (κ2) is 5.88. The van der Waals surface area contributed by atoms with Gasteiger partial charge in [-0.2, -0.15) is 5.26 Å². The van der Waals surface area contributed by atoms with Crippen LogP contribution in [0.3, 0.4) is 0 Å². The quantitative estimate of drug-likeness (QED) is 0.672. The first-order chi connectivity index (χ1) is 9.52. The Morgan fingerprint density at radius 1 is 1.60 bits per heavy atom. The number of nitrogens with two attached hydrogens (primary N) is 1. The Kier molecular flexibility index (Phi) is 4.20. The number of nitro groups is 1. The molecule has 6 heteroatoms. The van der Waals surface area contributed by atoms with Crippen molar-refractivity contribution in [2.75, 3.05) is 18.0 Å². The lowest BCUT2D eigenvalue weighted by atomic mass is 9.92. The molecule has 6 nitrogen and oxygen atoms in total. The number of hydrogen-bond donors (Lipinski definition) is 1. The van der Waals surface area contributed by atoms with E-state index >= 15 is 0 Å². The van der Waals surface area contributed by atoms with Gasteiger partial charge in [0.2, 0.25) is 0 Å². The van der Waals surface area contributed by atoms with Crippen LogP contribution < -0.4 is 10.6 Å². The van der Waals surface area contributed by atoms with Gasteiger partial charge in [-0.05, 0) is 37.8 Å². The van der Waals surface area contributed by atoms with Crippen LogP contribution in [0, 0.1) is 27.4 Å². The van der Waals surface area contributed by atoms with E-state index in [1.54, 1.807) is 12.1 Å². The molecule has 1 saturated heterocycles. The van der Waals surface area contributed by atoms with Crippen molar-refractivity contribution in [3.63, 3.8) is 0 Å². The van der Waals surface area contributed by atoms with Crippen LogP contribution in [0.25, 0.3) is 0 Å². The zero-order valence-electron chi connectivity index (χ0n) is 11.5. The Balaban J connectivity index is 2.25. The molecule has 1 heterocycles. The fourth-order valence-corrected chi connectivity index (χ4v) is 2.64. The van der Waals surface area contributed by atoms with E-state index in [2.05, 4.69) is 4.90 Å². The van der Waals surface area contributed by atoms with E-state index in [0.717, 1.165) is 31.6 Å². The van der Waals surface area contributed by atoms with Crippen LogP contribution in [0.5, 0.6) is 0 Å². The van der Waals surface area contributed by atoms with Crippen molar-refractivity contribution in [1.29, 1.82) is 5.26 Å². The van der Waals surface area contributed by atoms with Gasteiger partial charge in [-0.3, -0.25) is 10.1 Å². The number of nitriles is 1. The van der Waals surface area contributed by atoms with Gasteiger partial charge in [0.1, 0.15) is 11.6 Å². The summed E-state index contributed by atoms with van der Waals surface area (Å²) in [7, 11) is 0. The number of hydrogen-bond acceptors (Lipinski definition) is 5. The number of piperidine rings is 1. The number of nitro benzene ring substituents is 1. The highest BCUT2D eigenvalue weighted by Gasteiger charge is 2.24. The first kappa shape index (κ1) is 14.3. The Hall–Kier alpha value is -2.13. The minimum Gasteiger partial charge on any atom is -0.371 e. The molecule has 1 aliphatic heterocycles. The molecule has 1 aromatic rings. The lowest BCUT2D eigenvalue weighted by Gasteiger charge is -2.36. The van der Waals surface area contributed by atoms with Gasteiger partial charge in [0.15, 0.2) is 0 Å². The highest BCUT2D eigenvalue weighted by atomic mass is 16.6. The second-order valence-corrected chi connectivity index (χ2v) is 5.28. The maximum atomic E-state index is 10.8. The number of nitrogens with zero attached hydrogens (tertiary/aromatic N) is 3. The van der Waals surface area contributed by atoms with E-state index in [-0.39, 0.29) is 17.3 Å². The largest absolute Gasteiger partial charge is 0.371 e. The van der Waals surface area contributed by atoms with Gasteiger partial charge >= 0.3 is 0 Å². The van der Waals surface area contributed by atoms with Gasteiger partial charge in [0.25, 0.3) is 5.69 Å². The SMILES string of the molecule is CC(N)C1CCCN(c2ccc([N+](=O)[O-])c(C#N)c2)C1. The Bertz CT molecular complexity index is 551. The summed E-state index contributed by atoms with van der Waals surface area (Å²) in [6.45, 7) is 3.73. The smallest absolute Gasteiger partial charge is 0.287 e. The normalized spacial score (nSPS) is 20.2. The average molecular weight is 274 g/mol. The molecule has 2 unspecified atom stereocenters. The van der Waals surface area contributed by atoms with Crippen LogP contribution in [0.15, 0.2) is 18.2 Å². The van der Waals surface area contributed by atoms with Crippen LogP contribution in [0.1, 0.15) is 25.3 Å². The fraction of sp³-hybridized carbons (Fsp3) is 0.500. The first-order valence-electron chi connectivity index (χ1n) is 6.72. The van der Waals surface area contributed by atoms with Crippen LogP contribution in [0.2, 0.25) is 0 Å². The topological polar surface area (TPSA) is 96.2 Å². The molecule has 2 atom stereocenters. The summed E-state index contributed by atoms with van der Waals surface area (Å²) in [5, 5.41) is 19.9. The number of rotatable bonds is 3. The van der Waals surface area contributed by atoms with E-state index in [4.69, 9.17) is 11.0 Å². The van der Waals surface area contributed by atoms with Gasteiger partial charge in [-0.1, -0.05) is 0 Å².